The minimum absolute atomic E-state index is 0.145. The first kappa shape index (κ1) is 44.1. The second kappa shape index (κ2) is 17.7. The van der Waals surface area contributed by atoms with Crippen molar-refractivity contribution in [2.24, 2.45) is 28.6 Å². The molecule has 3 saturated heterocycles. The van der Waals surface area contributed by atoms with Gasteiger partial charge in [-0.1, -0.05) is 19.9 Å². The van der Waals surface area contributed by atoms with Gasteiger partial charge in [0.1, 0.15) is 67.1 Å². The number of rotatable bonds is 9. The third kappa shape index (κ3) is 8.08. The highest BCUT2D eigenvalue weighted by atomic mass is 16.8. The van der Waals surface area contributed by atoms with Crippen LogP contribution in [0.15, 0.2) is 12.2 Å². The Morgan fingerprint density at radius 2 is 1.20 bits per heavy atom. The smallest absolute Gasteiger partial charge is 0.314 e. The van der Waals surface area contributed by atoms with Gasteiger partial charge in [0.15, 0.2) is 18.7 Å². The van der Waals surface area contributed by atoms with Gasteiger partial charge in [0, 0.05) is 0 Å². The van der Waals surface area contributed by atoms with E-state index in [4.69, 9.17) is 28.4 Å². The third-order valence-corrected chi connectivity index (χ3v) is 14.1. The lowest BCUT2D eigenvalue weighted by Gasteiger charge is -2.60. The standard InChI is InChI=1S/C38H62O18/c1-16-5-6-17-7-10-23-37(2,18(17)8-9-19(16)51-33-30(48)27(45)24(42)20(13-39)52-33)11-4-12-38(23,3)36(50)56-35-32(29(47)26(44)22(15-41)54-35)55-34-31(49)28(46)25(43)21(14-40)53-34/h17-35,39-49H,1,4-15H2,2-3H3/t17?,18-,19?,20?,21?,22?,23?,24?,25?,26?,27?,28?,29?,30?,31?,32?,33?,34?,35?,37+,38-/m1/s1. The van der Waals surface area contributed by atoms with Crippen molar-refractivity contribution in [1.29, 1.82) is 0 Å². The van der Waals surface area contributed by atoms with Crippen LogP contribution < -0.4 is 0 Å². The summed E-state index contributed by atoms with van der Waals surface area (Å²) in [7, 11) is 0. The summed E-state index contributed by atoms with van der Waals surface area (Å²) in [4.78, 5) is 14.5. The van der Waals surface area contributed by atoms with Crippen molar-refractivity contribution < 1.29 is 89.4 Å². The summed E-state index contributed by atoms with van der Waals surface area (Å²) in [5, 5.41) is 114. The largest absolute Gasteiger partial charge is 0.432 e. The number of fused-ring (bicyclic) bond motifs is 3. The van der Waals surface area contributed by atoms with E-state index >= 15 is 0 Å². The van der Waals surface area contributed by atoms with Crippen LogP contribution in [0.2, 0.25) is 0 Å². The van der Waals surface area contributed by atoms with Crippen molar-refractivity contribution in [2.45, 2.75) is 170 Å². The molecule has 0 aromatic rings. The van der Waals surface area contributed by atoms with Crippen LogP contribution >= 0.6 is 0 Å². The topological polar surface area (TPSA) is 295 Å². The Kier molecular flexibility index (Phi) is 13.9. The maximum Gasteiger partial charge on any atom is 0.314 e. The summed E-state index contributed by atoms with van der Waals surface area (Å²) in [6.07, 6.45) is -18.2. The predicted octanol–water partition coefficient (Wildman–Crippen LogP) is -2.69. The van der Waals surface area contributed by atoms with Crippen molar-refractivity contribution in [3.63, 3.8) is 0 Å². The van der Waals surface area contributed by atoms with Crippen LogP contribution in [0.3, 0.4) is 0 Å². The Labute approximate surface area is 325 Å². The van der Waals surface area contributed by atoms with E-state index in [0.717, 1.165) is 31.3 Å². The van der Waals surface area contributed by atoms with E-state index in [1.807, 2.05) is 6.92 Å². The molecule has 3 aliphatic carbocycles. The highest BCUT2D eigenvalue weighted by Gasteiger charge is 2.61. The number of esters is 1. The first-order valence-corrected chi connectivity index (χ1v) is 19.9. The fourth-order valence-corrected chi connectivity index (χ4v) is 10.7. The van der Waals surface area contributed by atoms with E-state index in [1.54, 1.807) is 0 Å². The van der Waals surface area contributed by atoms with Gasteiger partial charge in [0.25, 0.3) is 0 Å². The van der Waals surface area contributed by atoms with Crippen LogP contribution in [0, 0.1) is 28.6 Å². The van der Waals surface area contributed by atoms with E-state index in [2.05, 4.69) is 13.5 Å². The second-order valence-corrected chi connectivity index (χ2v) is 17.3. The van der Waals surface area contributed by atoms with Crippen molar-refractivity contribution in [2.75, 3.05) is 19.8 Å². The van der Waals surface area contributed by atoms with E-state index in [1.165, 1.54) is 0 Å². The van der Waals surface area contributed by atoms with Crippen LogP contribution in [0.25, 0.3) is 0 Å². The number of carbonyl (C=O) groups is 1. The van der Waals surface area contributed by atoms with E-state index in [-0.39, 0.29) is 17.3 Å². The fourth-order valence-electron chi connectivity index (χ4n) is 10.7. The summed E-state index contributed by atoms with van der Waals surface area (Å²) in [5.41, 5.74) is -0.584. The normalized spacial score (nSPS) is 51.6. The van der Waals surface area contributed by atoms with Gasteiger partial charge in [-0.05, 0) is 87.0 Å². The van der Waals surface area contributed by atoms with Crippen molar-refractivity contribution in [3.05, 3.63) is 12.2 Å². The SMILES string of the molecule is C=C1CCC2CCC3[C@](C)(C(=O)OC4OC(CO)C(O)C(O)C4OC4OC(CO)C(O)C(O)C4O)CCC[C@@]3(C)[C@@H]2CCC1OC1OC(CO)C(O)C(O)C1O. The molecule has 18 nitrogen and oxygen atoms in total. The van der Waals surface area contributed by atoms with Crippen LogP contribution in [0.4, 0.5) is 0 Å². The summed E-state index contributed by atoms with van der Waals surface area (Å²) < 4.78 is 34.9. The van der Waals surface area contributed by atoms with Gasteiger partial charge in [0.05, 0.1) is 31.3 Å². The molecule has 0 bridgehead atoms. The molecule has 0 spiro atoms. The molecule has 3 heterocycles. The Hall–Kier alpha value is -1.43. The first-order chi connectivity index (χ1) is 26.5. The molecule has 6 rings (SSSR count). The average Bonchev–Trinajstić information content (AvgIpc) is 3.17. The summed E-state index contributed by atoms with van der Waals surface area (Å²) >= 11 is 0. The highest BCUT2D eigenvalue weighted by molar-refractivity contribution is 5.77. The molecule has 6 fully saturated rings. The number of aliphatic hydroxyl groups excluding tert-OH is 11. The molecule has 0 aromatic carbocycles. The lowest BCUT2D eigenvalue weighted by atomic mass is 9.45. The third-order valence-electron chi connectivity index (χ3n) is 14.1. The number of aliphatic hydroxyl groups is 11. The van der Waals surface area contributed by atoms with Crippen molar-refractivity contribution in [1.82, 2.24) is 0 Å². The predicted molar refractivity (Wildman–Crippen MR) is 189 cm³/mol. The zero-order valence-electron chi connectivity index (χ0n) is 31.9. The molecule has 3 saturated carbocycles. The quantitative estimate of drug-likeness (QED) is 0.0835. The molecule has 21 atom stereocenters. The van der Waals surface area contributed by atoms with Gasteiger partial charge in [-0.25, -0.2) is 0 Å². The number of carbonyl (C=O) groups excluding carboxylic acids is 1. The monoisotopic (exact) mass is 806 g/mol. The molecule has 56 heavy (non-hydrogen) atoms. The number of ether oxygens (including phenoxy) is 6. The molecule has 0 aromatic heterocycles. The zero-order valence-corrected chi connectivity index (χ0v) is 31.9. The highest BCUT2D eigenvalue weighted by Crippen LogP contribution is 2.64. The molecular formula is C38H62O18. The Morgan fingerprint density at radius 1 is 0.661 bits per heavy atom. The lowest BCUT2D eigenvalue weighted by molar-refractivity contribution is -0.363. The molecule has 0 radical (unpaired) electrons. The fraction of sp³-hybridized carbons (Fsp3) is 0.921. The van der Waals surface area contributed by atoms with E-state index in [0.29, 0.717) is 38.0 Å². The van der Waals surface area contributed by atoms with Crippen LogP contribution in [-0.4, -0.2) is 180 Å². The van der Waals surface area contributed by atoms with E-state index in [9.17, 15) is 61.0 Å². The Morgan fingerprint density at radius 3 is 1.77 bits per heavy atom. The van der Waals surface area contributed by atoms with Gasteiger partial charge in [0.2, 0.25) is 6.29 Å². The van der Waals surface area contributed by atoms with Crippen molar-refractivity contribution >= 4 is 5.97 Å². The molecule has 322 valence electrons. The van der Waals surface area contributed by atoms with Gasteiger partial charge in [-0.3, -0.25) is 4.79 Å². The van der Waals surface area contributed by atoms with E-state index < -0.39 is 129 Å². The minimum atomic E-state index is -1.86. The minimum Gasteiger partial charge on any atom is -0.432 e. The maximum absolute atomic E-state index is 14.5. The Balaban J connectivity index is 1.19. The number of hydrogen-bond acceptors (Lipinski definition) is 18. The summed E-state index contributed by atoms with van der Waals surface area (Å²) in [6, 6.07) is 0. The van der Waals surface area contributed by atoms with Gasteiger partial charge >= 0.3 is 5.97 Å². The molecule has 3 aliphatic heterocycles. The molecule has 18 heteroatoms. The molecular weight excluding hydrogens is 744 g/mol. The van der Waals surface area contributed by atoms with Crippen LogP contribution in [0.1, 0.15) is 71.6 Å². The zero-order chi connectivity index (χ0) is 40.9. The second-order valence-electron chi connectivity index (χ2n) is 17.3. The molecule has 18 unspecified atom stereocenters. The van der Waals surface area contributed by atoms with Crippen molar-refractivity contribution in [3.8, 4) is 0 Å². The van der Waals surface area contributed by atoms with Gasteiger partial charge in [-0.15, -0.1) is 0 Å². The Bertz CT molecular complexity index is 1350. The first-order valence-electron chi connectivity index (χ1n) is 19.9. The van der Waals surface area contributed by atoms with Crippen LogP contribution in [-0.2, 0) is 33.2 Å². The molecule has 11 N–H and O–H groups in total. The average molecular weight is 807 g/mol. The summed E-state index contributed by atoms with van der Waals surface area (Å²) in [5.74, 6) is -0.351. The van der Waals surface area contributed by atoms with Crippen LogP contribution in [0.5, 0.6) is 0 Å². The number of hydrogen-bond donors (Lipinski definition) is 11. The lowest BCUT2D eigenvalue weighted by Crippen LogP contribution is -2.65. The van der Waals surface area contributed by atoms with Gasteiger partial charge < -0.3 is 84.6 Å². The molecule has 0 amide bonds. The molecule has 6 aliphatic rings. The van der Waals surface area contributed by atoms with Gasteiger partial charge in [-0.2, -0.15) is 0 Å². The maximum atomic E-state index is 14.5. The summed E-state index contributed by atoms with van der Waals surface area (Å²) in [6.45, 7) is 6.25.